The minimum Gasteiger partial charge on any atom is -0.507 e. The Labute approximate surface area is 69.1 Å². The van der Waals surface area contributed by atoms with Gasteiger partial charge in [-0.15, -0.1) is 0 Å². The highest BCUT2D eigenvalue weighted by Gasteiger charge is 2.08. The van der Waals surface area contributed by atoms with Crippen LogP contribution in [0, 0.1) is 6.92 Å². The monoisotopic (exact) mass is 167 g/mol. The molecule has 0 spiro atoms. The van der Waals surface area contributed by atoms with Crippen LogP contribution in [0.4, 0.5) is 0 Å². The lowest BCUT2D eigenvalue weighted by Crippen LogP contribution is -2.22. The van der Waals surface area contributed by atoms with Gasteiger partial charge in [-0.05, 0) is 6.92 Å². The molecular weight excluding hydrogens is 158 g/mol. The van der Waals surface area contributed by atoms with Crippen LogP contribution in [0.1, 0.15) is 16.1 Å². The summed E-state index contributed by atoms with van der Waals surface area (Å²) in [4.78, 5) is 21.6. The van der Waals surface area contributed by atoms with Crippen molar-refractivity contribution in [2.75, 3.05) is 0 Å². The number of nitrogens with zero attached hydrogens (tertiary/aromatic N) is 1. The maximum absolute atomic E-state index is 11.2. The van der Waals surface area contributed by atoms with Gasteiger partial charge in [0.05, 0.1) is 0 Å². The third-order valence-corrected chi connectivity index (χ3v) is 1.80. The molecule has 1 aromatic heterocycles. The summed E-state index contributed by atoms with van der Waals surface area (Å²) in [6.45, 7) is 1.68. The quantitative estimate of drug-likeness (QED) is 0.608. The van der Waals surface area contributed by atoms with E-state index in [0.717, 1.165) is 0 Å². The summed E-state index contributed by atoms with van der Waals surface area (Å²) in [6.07, 6.45) is 0.358. The van der Waals surface area contributed by atoms with Gasteiger partial charge in [0.25, 0.3) is 5.56 Å². The Kier molecular flexibility index (Phi) is 1.99. The van der Waals surface area contributed by atoms with Gasteiger partial charge in [-0.25, -0.2) is 0 Å². The van der Waals surface area contributed by atoms with Crippen LogP contribution in [-0.4, -0.2) is 16.0 Å². The number of aromatic nitrogens is 1. The molecule has 0 aliphatic heterocycles. The van der Waals surface area contributed by atoms with Crippen LogP contribution in [0.3, 0.4) is 0 Å². The van der Waals surface area contributed by atoms with Gasteiger partial charge >= 0.3 is 0 Å². The van der Waals surface area contributed by atoms with E-state index < -0.39 is 5.56 Å². The molecule has 1 aromatic rings. The van der Waals surface area contributed by atoms with Gasteiger partial charge in [0.2, 0.25) is 0 Å². The molecule has 0 unspecified atom stereocenters. The van der Waals surface area contributed by atoms with E-state index in [9.17, 15) is 9.59 Å². The molecule has 64 valence electrons. The highest BCUT2D eigenvalue weighted by atomic mass is 16.3. The Morgan fingerprint density at radius 3 is 2.67 bits per heavy atom. The van der Waals surface area contributed by atoms with Gasteiger partial charge in [0.15, 0.2) is 6.29 Å². The molecule has 1 N–H and O–H groups in total. The van der Waals surface area contributed by atoms with E-state index >= 15 is 0 Å². The molecule has 4 nitrogen and oxygen atoms in total. The molecule has 0 saturated carbocycles. The van der Waals surface area contributed by atoms with Gasteiger partial charge in [-0.2, -0.15) is 0 Å². The Balaban J connectivity index is 3.63. The number of hydrogen-bond acceptors (Lipinski definition) is 3. The molecule has 1 heterocycles. The summed E-state index contributed by atoms with van der Waals surface area (Å²) in [5.41, 5.74) is -0.0475. The maximum atomic E-state index is 11.2. The zero-order valence-corrected chi connectivity index (χ0v) is 6.87. The van der Waals surface area contributed by atoms with Crippen LogP contribution in [0.15, 0.2) is 10.9 Å². The number of aryl methyl sites for hydroxylation is 1. The predicted octanol–water partition coefficient (Wildman–Crippen LogP) is 0.212. The lowest BCUT2D eigenvalue weighted by molar-refractivity contribution is 0.111. The average molecular weight is 167 g/mol. The smallest absolute Gasteiger partial charge is 0.264 e. The molecular formula is C8H9NO3. The van der Waals surface area contributed by atoms with E-state index in [1.165, 1.54) is 10.6 Å². The largest absolute Gasteiger partial charge is 0.507 e. The molecule has 0 aliphatic rings. The summed E-state index contributed by atoms with van der Waals surface area (Å²) in [7, 11) is 1.55. The summed E-state index contributed by atoms with van der Waals surface area (Å²) in [5, 5.41) is 9.15. The molecule has 0 radical (unpaired) electrons. The number of pyridine rings is 1. The molecule has 0 saturated heterocycles. The van der Waals surface area contributed by atoms with Crippen LogP contribution in [0.25, 0.3) is 0 Å². The number of aromatic hydroxyl groups is 1. The van der Waals surface area contributed by atoms with Crippen molar-refractivity contribution < 1.29 is 9.90 Å². The minimum atomic E-state index is -0.470. The minimum absolute atomic E-state index is 0.192. The van der Waals surface area contributed by atoms with Crippen LogP contribution in [-0.2, 0) is 7.05 Å². The molecule has 0 aliphatic carbocycles. The lowest BCUT2D eigenvalue weighted by atomic mass is 10.2. The second-order valence-corrected chi connectivity index (χ2v) is 2.57. The first kappa shape index (κ1) is 8.52. The Morgan fingerprint density at radius 1 is 1.58 bits per heavy atom. The van der Waals surface area contributed by atoms with E-state index in [1.807, 2.05) is 0 Å². The molecule has 0 bridgehead atoms. The second kappa shape index (κ2) is 2.81. The van der Waals surface area contributed by atoms with Crippen molar-refractivity contribution in [3.63, 3.8) is 0 Å². The van der Waals surface area contributed by atoms with Crippen molar-refractivity contribution in [3.8, 4) is 5.75 Å². The van der Waals surface area contributed by atoms with Gasteiger partial charge in [0, 0.05) is 18.8 Å². The summed E-state index contributed by atoms with van der Waals surface area (Å²) < 4.78 is 1.31. The Morgan fingerprint density at radius 2 is 2.17 bits per heavy atom. The fourth-order valence-corrected chi connectivity index (χ4v) is 0.934. The van der Waals surface area contributed by atoms with Crippen molar-refractivity contribution in [2.24, 2.45) is 7.05 Å². The predicted molar refractivity (Wildman–Crippen MR) is 43.5 cm³/mol. The van der Waals surface area contributed by atoms with E-state index in [-0.39, 0.29) is 11.3 Å². The van der Waals surface area contributed by atoms with Crippen molar-refractivity contribution in [1.82, 2.24) is 4.57 Å². The van der Waals surface area contributed by atoms with Crippen LogP contribution in [0.5, 0.6) is 5.75 Å². The first-order chi connectivity index (χ1) is 5.57. The summed E-state index contributed by atoms with van der Waals surface area (Å²) in [5.74, 6) is -0.259. The first-order valence-corrected chi connectivity index (χ1v) is 3.42. The fraction of sp³-hybridized carbons (Fsp3) is 0.250. The standard InChI is InChI=1S/C8H9NO3/c1-5-3-7(11)6(4-10)8(12)9(5)2/h3-4,11H,1-2H3. The van der Waals surface area contributed by atoms with Crippen molar-refractivity contribution in [3.05, 3.63) is 27.7 Å². The zero-order chi connectivity index (χ0) is 9.30. The van der Waals surface area contributed by atoms with Gasteiger partial charge in [-0.3, -0.25) is 9.59 Å². The number of aldehydes is 1. The second-order valence-electron chi connectivity index (χ2n) is 2.57. The zero-order valence-electron chi connectivity index (χ0n) is 6.87. The average Bonchev–Trinajstić information content (AvgIpc) is 2.01. The topological polar surface area (TPSA) is 59.3 Å². The SMILES string of the molecule is Cc1cc(O)c(C=O)c(=O)n1C. The van der Waals surface area contributed by atoms with Gasteiger partial charge in [0.1, 0.15) is 11.3 Å². The van der Waals surface area contributed by atoms with Gasteiger partial charge < -0.3 is 9.67 Å². The molecule has 12 heavy (non-hydrogen) atoms. The third kappa shape index (κ3) is 1.11. The van der Waals surface area contributed by atoms with E-state index in [1.54, 1.807) is 14.0 Å². The number of hydrogen-bond donors (Lipinski definition) is 1. The summed E-state index contributed by atoms with van der Waals surface area (Å²) in [6, 6.07) is 1.38. The highest BCUT2D eigenvalue weighted by Crippen LogP contribution is 2.11. The molecule has 0 fully saturated rings. The lowest BCUT2D eigenvalue weighted by Gasteiger charge is -2.04. The molecule has 0 atom stereocenters. The third-order valence-electron chi connectivity index (χ3n) is 1.80. The van der Waals surface area contributed by atoms with Crippen molar-refractivity contribution in [1.29, 1.82) is 0 Å². The van der Waals surface area contributed by atoms with Crippen LogP contribution < -0.4 is 5.56 Å². The Hall–Kier alpha value is -1.58. The summed E-state index contributed by atoms with van der Waals surface area (Å²) >= 11 is 0. The first-order valence-electron chi connectivity index (χ1n) is 3.42. The van der Waals surface area contributed by atoms with E-state index in [0.29, 0.717) is 12.0 Å². The molecule has 1 rings (SSSR count). The molecule has 0 aromatic carbocycles. The van der Waals surface area contributed by atoms with Crippen molar-refractivity contribution >= 4 is 6.29 Å². The maximum Gasteiger partial charge on any atom is 0.264 e. The number of carbonyl (C=O) groups is 1. The number of rotatable bonds is 1. The molecule has 0 amide bonds. The highest BCUT2D eigenvalue weighted by molar-refractivity contribution is 5.78. The normalized spacial score (nSPS) is 9.83. The van der Waals surface area contributed by atoms with Crippen molar-refractivity contribution in [2.45, 2.75) is 6.92 Å². The Bertz CT molecular complexity index is 379. The van der Waals surface area contributed by atoms with Crippen LogP contribution >= 0.6 is 0 Å². The number of carbonyl (C=O) groups excluding carboxylic acids is 1. The van der Waals surface area contributed by atoms with Gasteiger partial charge in [-0.1, -0.05) is 0 Å². The van der Waals surface area contributed by atoms with E-state index in [4.69, 9.17) is 5.11 Å². The fourth-order valence-electron chi connectivity index (χ4n) is 0.934. The van der Waals surface area contributed by atoms with E-state index in [2.05, 4.69) is 0 Å². The van der Waals surface area contributed by atoms with Crippen LogP contribution in [0.2, 0.25) is 0 Å². The molecule has 4 heteroatoms.